The average Bonchev–Trinajstić information content (AvgIpc) is 2.95. The van der Waals surface area contributed by atoms with Crippen molar-refractivity contribution in [2.45, 2.75) is 24.9 Å². The standard InChI is InChI=1S/C18H24N4O5/c1-21-12-18(27-17(21)25)6-9-22(10-7-18)16(24)15(23)19-8-5-13-3-4-14(26-2)20-11-13/h3-4,11H,5-10,12H2,1-2H3,(H,19,23). The number of hydrogen-bond donors (Lipinski definition) is 1. The summed E-state index contributed by atoms with van der Waals surface area (Å²) >= 11 is 0. The van der Waals surface area contributed by atoms with Gasteiger partial charge in [0.15, 0.2) is 0 Å². The van der Waals surface area contributed by atoms with E-state index in [2.05, 4.69) is 10.3 Å². The lowest BCUT2D eigenvalue weighted by atomic mass is 9.91. The molecule has 1 aromatic rings. The van der Waals surface area contributed by atoms with Gasteiger partial charge in [0.1, 0.15) is 5.60 Å². The summed E-state index contributed by atoms with van der Waals surface area (Å²) in [5, 5.41) is 2.65. The van der Waals surface area contributed by atoms with Gasteiger partial charge < -0.3 is 24.6 Å². The average molecular weight is 376 g/mol. The number of carbonyl (C=O) groups is 3. The third-order valence-electron chi connectivity index (χ3n) is 5.00. The highest BCUT2D eigenvalue weighted by atomic mass is 16.6. The lowest BCUT2D eigenvalue weighted by Crippen LogP contribution is -2.52. The Morgan fingerprint density at radius 2 is 2.07 bits per heavy atom. The number of amides is 3. The Morgan fingerprint density at radius 3 is 2.63 bits per heavy atom. The second-order valence-electron chi connectivity index (χ2n) is 6.91. The first-order valence-electron chi connectivity index (χ1n) is 8.93. The van der Waals surface area contributed by atoms with Gasteiger partial charge in [-0.2, -0.15) is 0 Å². The van der Waals surface area contributed by atoms with Gasteiger partial charge in [-0.1, -0.05) is 6.07 Å². The van der Waals surface area contributed by atoms with E-state index in [0.717, 1.165) is 5.56 Å². The van der Waals surface area contributed by atoms with Gasteiger partial charge in [0.2, 0.25) is 5.88 Å². The molecule has 0 radical (unpaired) electrons. The van der Waals surface area contributed by atoms with Crippen LogP contribution in [0.2, 0.25) is 0 Å². The number of carbonyl (C=O) groups excluding carboxylic acids is 3. The van der Waals surface area contributed by atoms with E-state index < -0.39 is 17.4 Å². The molecule has 3 amide bonds. The van der Waals surface area contributed by atoms with E-state index in [1.165, 1.54) is 9.80 Å². The molecule has 9 nitrogen and oxygen atoms in total. The topological polar surface area (TPSA) is 101 Å². The highest BCUT2D eigenvalue weighted by Crippen LogP contribution is 2.32. The summed E-state index contributed by atoms with van der Waals surface area (Å²) in [6, 6.07) is 3.61. The molecule has 2 fully saturated rings. The van der Waals surface area contributed by atoms with Crippen LogP contribution in [-0.4, -0.2) is 78.6 Å². The van der Waals surface area contributed by atoms with Crippen LogP contribution in [0.1, 0.15) is 18.4 Å². The predicted octanol–water partition coefficient (Wildman–Crippen LogP) is 0.192. The quantitative estimate of drug-likeness (QED) is 0.753. The Labute approximate surface area is 157 Å². The number of likely N-dealkylation sites (N-methyl/N-ethyl adjacent to an activating group) is 1. The number of likely N-dealkylation sites (tertiary alicyclic amines) is 1. The van der Waals surface area contributed by atoms with E-state index in [-0.39, 0.29) is 6.09 Å². The number of hydrogen-bond acceptors (Lipinski definition) is 6. The minimum Gasteiger partial charge on any atom is -0.481 e. The van der Waals surface area contributed by atoms with Gasteiger partial charge >= 0.3 is 17.9 Å². The first-order chi connectivity index (χ1) is 12.9. The molecule has 0 bridgehead atoms. The summed E-state index contributed by atoms with van der Waals surface area (Å²) in [6.07, 6.45) is 3.00. The highest BCUT2D eigenvalue weighted by Gasteiger charge is 2.46. The van der Waals surface area contributed by atoms with Crippen LogP contribution >= 0.6 is 0 Å². The van der Waals surface area contributed by atoms with Crippen molar-refractivity contribution in [2.24, 2.45) is 0 Å². The molecule has 0 unspecified atom stereocenters. The summed E-state index contributed by atoms with van der Waals surface area (Å²) in [6.45, 7) is 1.67. The van der Waals surface area contributed by atoms with Crippen molar-refractivity contribution < 1.29 is 23.9 Å². The summed E-state index contributed by atoms with van der Waals surface area (Å²) in [7, 11) is 3.24. The largest absolute Gasteiger partial charge is 0.481 e. The Bertz CT molecular complexity index is 713. The van der Waals surface area contributed by atoms with Gasteiger partial charge in [0.25, 0.3) is 0 Å². The number of methoxy groups -OCH3 is 1. The lowest BCUT2D eigenvalue weighted by Gasteiger charge is -2.36. The molecule has 0 atom stereocenters. The molecule has 3 rings (SSSR count). The van der Waals surface area contributed by atoms with Gasteiger partial charge in [0.05, 0.1) is 13.7 Å². The van der Waals surface area contributed by atoms with Crippen LogP contribution in [0.3, 0.4) is 0 Å². The monoisotopic (exact) mass is 376 g/mol. The van der Waals surface area contributed by atoms with Crippen LogP contribution in [0, 0.1) is 0 Å². The van der Waals surface area contributed by atoms with Crippen LogP contribution < -0.4 is 10.1 Å². The molecule has 0 saturated carbocycles. The maximum Gasteiger partial charge on any atom is 0.410 e. The minimum atomic E-state index is -0.618. The number of ether oxygens (including phenoxy) is 2. The fourth-order valence-electron chi connectivity index (χ4n) is 3.39. The molecule has 27 heavy (non-hydrogen) atoms. The number of aromatic nitrogens is 1. The molecule has 9 heteroatoms. The van der Waals surface area contributed by atoms with E-state index in [9.17, 15) is 14.4 Å². The van der Waals surface area contributed by atoms with Crippen LogP contribution in [0.25, 0.3) is 0 Å². The molecule has 1 spiro atoms. The number of nitrogens with zero attached hydrogens (tertiary/aromatic N) is 3. The second-order valence-corrected chi connectivity index (χ2v) is 6.91. The lowest BCUT2D eigenvalue weighted by molar-refractivity contribution is -0.148. The molecular weight excluding hydrogens is 352 g/mol. The van der Waals surface area contributed by atoms with Gasteiger partial charge in [-0.15, -0.1) is 0 Å². The summed E-state index contributed by atoms with van der Waals surface area (Å²) in [5.74, 6) is -0.636. The molecule has 146 valence electrons. The zero-order chi connectivity index (χ0) is 19.4. The van der Waals surface area contributed by atoms with Crippen molar-refractivity contribution in [3.63, 3.8) is 0 Å². The van der Waals surface area contributed by atoms with E-state index >= 15 is 0 Å². The summed E-state index contributed by atoms with van der Waals surface area (Å²) in [5.41, 5.74) is 0.413. The predicted molar refractivity (Wildman–Crippen MR) is 95.2 cm³/mol. The molecule has 1 N–H and O–H groups in total. The van der Waals surface area contributed by atoms with E-state index in [1.807, 2.05) is 6.07 Å². The zero-order valence-corrected chi connectivity index (χ0v) is 15.6. The molecular formula is C18H24N4O5. The molecule has 0 aromatic carbocycles. The van der Waals surface area contributed by atoms with Crippen molar-refractivity contribution in [1.82, 2.24) is 20.1 Å². The van der Waals surface area contributed by atoms with Crippen molar-refractivity contribution in [3.8, 4) is 5.88 Å². The maximum atomic E-state index is 12.3. The van der Waals surface area contributed by atoms with Crippen molar-refractivity contribution >= 4 is 17.9 Å². The van der Waals surface area contributed by atoms with Crippen LogP contribution in [0.5, 0.6) is 5.88 Å². The first kappa shape index (κ1) is 18.9. The molecule has 2 saturated heterocycles. The molecule has 3 heterocycles. The molecule has 1 aromatic heterocycles. The Morgan fingerprint density at radius 1 is 1.33 bits per heavy atom. The smallest absolute Gasteiger partial charge is 0.410 e. The third-order valence-corrected chi connectivity index (χ3v) is 5.00. The van der Waals surface area contributed by atoms with Gasteiger partial charge in [-0.25, -0.2) is 9.78 Å². The van der Waals surface area contributed by atoms with E-state index in [0.29, 0.717) is 51.3 Å². The summed E-state index contributed by atoms with van der Waals surface area (Å²) < 4.78 is 10.5. The third kappa shape index (κ3) is 4.29. The van der Waals surface area contributed by atoms with Crippen LogP contribution in [0.15, 0.2) is 18.3 Å². The Hall–Kier alpha value is -2.84. The fraction of sp³-hybridized carbons (Fsp3) is 0.556. The number of piperidine rings is 1. The van der Waals surface area contributed by atoms with Crippen molar-refractivity contribution in [2.75, 3.05) is 40.3 Å². The maximum absolute atomic E-state index is 12.3. The first-order valence-corrected chi connectivity index (χ1v) is 8.93. The van der Waals surface area contributed by atoms with Gasteiger partial charge in [-0.3, -0.25) is 9.59 Å². The number of nitrogens with one attached hydrogen (secondary N) is 1. The summed E-state index contributed by atoms with van der Waals surface area (Å²) in [4.78, 5) is 43.2. The minimum absolute atomic E-state index is 0.333. The van der Waals surface area contributed by atoms with E-state index in [4.69, 9.17) is 9.47 Å². The van der Waals surface area contributed by atoms with Crippen molar-refractivity contribution in [1.29, 1.82) is 0 Å². The van der Waals surface area contributed by atoms with Gasteiger partial charge in [0, 0.05) is 51.8 Å². The van der Waals surface area contributed by atoms with Crippen LogP contribution in [-0.2, 0) is 20.7 Å². The number of rotatable bonds is 4. The van der Waals surface area contributed by atoms with Gasteiger partial charge in [-0.05, 0) is 12.0 Å². The zero-order valence-electron chi connectivity index (χ0n) is 15.6. The normalized spacial score (nSPS) is 18.4. The molecule has 2 aliphatic heterocycles. The van der Waals surface area contributed by atoms with Crippen LogP contribution in [0.4, 0.5) is 4.79 Å². The Balaban J connectivity index is 1.43. The van der Waals surface area contributed by atoms with Crippen molar-refractivity contribution in [3.05, 3.63) is 23.9 Å². The van der Waals surface area contributed by atoms with E-state index in [1.54, 1.807) is 26.4 Å². The fourth-order valence-corrected chi connectivity index (χ4v) is 3.39. The second kappa shape index (κ2) is 7.81. The highest BCUT2D eigenvalue weighted by molar-refractivity contribution is 6.35. The Kier molecular flexibility index (Phi) is 5.48. The molecule has 0 aliphatic carbocycles. The molecule has 2 aliphatic rings. The number of pyridine rings is 1. The SMILES string of the molecule is COc1ccc(CCNC(=O)C(=O)N2CCC3(CC2)CN(C)C(=O)O3)cn1.